The first-order chi connectivity index (χ1) is 8.59. The van der Waals surface area contributed by atoms with Gasteiger partial charge in [-0.25, -0.2) is 0 Å². The van der Waals surface area contributed by atoms with E-state index in [9.17, 15) is 4.79 Å². The number of rotatable bonds is 6. The van der Waals surface area contributed by atoms with Crippen molar-refractivity contribution in [2.24, 2.45) is 17.6 Å². The first-order valence-electron chi connectivity index (χ1n) is 7.24. The number of nitrogens with two attached hydrogens (primary N) is 1. The van der Waals surface area contributed by atoms with Crippen molar-refractivity contribution >= 4 is 18.3 Å². The van der Waals surface area contributed by atoms with Gasteiger partial charge in [-0.15, -0.1) is 12.4 Å². The van der Waals surface area contributed by atoms with E-state index in [0.717, 1.165) is 38.2 Å². The molecule has 2 aliphatic rings. The highest BCUT2D eigenvalue weighted by molar-refractivity contribution is 5.85. The van der Waals surface area contributed by atoms with Gasteiger partial charge in [-0.3, -0.25) is 4.79 Å². The SMILES string of the molecule is CC1(N)CCCCC1C(=O)NCCOCC1CC1.Cl. The van der Waals surface area contributed by atoms with Gasteiger partial charge >= 0.3 is 0 Å². The number of nitrogens with one attached hydrogen (secondary N) is 1. The standard InChI is InChI=1S/C14H26N2O2.ClH/c1-14(15)7-3-2-4-12(14)13(17)16-8-9-18-10-11-5-6-11;/h11-12H,2-10,15H2,1H3,(H,16,17);1H. The number of carbonyl (C=O) groups excluding carboxylic acids is 1. The van der Waals surface area contributed by atoms with Crippen LogP contribution in [0.4, 0.5) is 0 Å². The molecule has 2 saturated carbocycles. The van der Waals surface area contributed by atoms with E-state index in [-0.39, 0.29) is 29.8 Å². The summed E-state index contributed by atoms with van der Waals surface area (Å²) in [6.45, 7) is 4.09. The molecule has 0 saturated heterocycles. The molecule has 0 heterocycles. The molecule has 1 amide bonds. The summed E-state index contributed by atoms with van der Waals surface area (Å²) in [6.07, 6.45) is 6.73. The average Bonchev–Trinajstić information content (AvgIpc) is 3.11. The highest BCUT2D eigenvalue weighted by Crippen LogP contribution is 2.31. The molecule has 0 spiro atoms. The van der Waals surface area contributed by atoms with Crippen molar-refractivity contribution < 1.29 is 9.53 Å². The molecule has 2 rings (SSSR count). The Morgan fingerprint density at radius 2 is 2.11 bits per heavy atom. The smallest absolute Gasteiger partial charge is 0.225 e. The van der Waals surface area contributed by atoms with Gasteiger partial charge < -0.3 is 15.8 Å². The Balaban J connectivity index is 0.00000180. The lowest BCUT2D eigenvalue weighted by Gasteiger charge is -2.37. The molecule has 4 nitrogen and oxygen atoms in total. The topological polar surface area (TPSA) is 64.4 Å². The molecule has 3 N–H and O–H groups in total. The van der Waals surface area contributed by atoms with E-state index >= 15 is 0 Å². The van der Waals surface area contributed by atoms with Gasteiger partial charge in [0.25, 0.3) is 0 Å². The van der Waals surface area contributed by atoms with Crippen LogP contribution < -0.4 is 11.1 Å². The van der Waals surface area contributed by atoms with Gasteiger partial charge in [-0.05, 0) is 38.5 Å². The molecule has 2 unspecified atom stereocenters. The molecular weight excluding hydrogens is 264 g/mol. The van der Waals surface area contributed by atoms with E-state index in [0.29, 0.717) is 13.2 Å². The number of halogens is 1. The van der Waals surface area contributed by atoms with Crippen LogP contribution in [0, 0.1) is 11.8 Å². The summed E-state index contributed by atoms with van der Waals surface area (Å²) in [4.78, 5) is 12.1. The van der Waals surface area contributed by atoms with Crippen molar-refractivity contribution in [1.82, 2.24) is 5.32 Å². The Kier molecular flexibility index (Phi) is 6.57. The maximum atomic E-state index is 12.1. The second kappa shape index (κ2) is 7.46. The highest BCUT2D eigenvalue weighted by atomic mass is 35.5. The largest absolute Gasteiger partial charge is 0.379 e. The molecule has 0 aromatic carbocycles. The Hall–Kier alpha value is -0.320. The van der Waals surface area contributed by atoms with Crippen molar-refractivity contribution in [2.75, 3.05) is 19.8 Å². The zero-order valence-electron chi connectivity index (χ0n) is 11.8. The van der Waals surface area contributed by atoms with E-state index in [4.69, 9.17) is 10.5 Å². The zero-order valence-corrected chi connectivity index (χ0v) is 12.6. The predicted molar refractivity (Wildman–Crippen MR) is 78.4 cm³/mol. The second-order valence-corrected chi connectivity index (χ2v) is 6.11. The Morgan fingerprint density at radius 3 is 2.74 bits per heavy atom. The molecule has 0 aromatic heterocycles. The van der Waals surface area contributed by atoms with Crippen LogP contribution in [0.5, 0.6) is 0 Å². The first-order valence-corrected chi connectivity index (χ1v) is 7.24. The summed E-state index contributed by atoms with van der Waals surface area (Å²) in [5.41, 5.74) is 5.87. The molecule has 0 aliphatic heterocycles. The number of carbonyl (C=O) groups is 1. The van der Waals surface area contributed by atoms with Gasteiger partial charge in [0.05, 0.1) is 12.5 Å². The Bertz CT molecular complexity index is 293. The number of ether oxygens (including phenoxy) is 1. The Morgan fingerprint density at radius 1 is 1.37 bits per heavy atom. The minimum Gasteiger partial charge on any atom is -0.379 e. The maximum Gasteiger partial charge on any atom is 0.225 e. The van der Waals surface area contributed by atoms with Gasteiger partial charge in [-0.1, -0.05) is 12.8 Å². The van der Waals surface area contributed by atoms with Gasteiger partial charge in [-0.2, -0.15) is 0 Å². The maximum absolute atomic E-state index is 12.1. The molecular formula is C14H27ClN2O2. The van der Waals surface area contributed by atoms with E-state index in [1.165, 1.54) is 12.8 Å². The van der Waals surface area contributed by atoms with E-state index in [1.807, 2.05) is 6.92 Å². The van der Waals surface area contributed by atoms with Crippen molar-refractivity contribution in [2.45, 2.75) is 51.0 Å². The molecule has 0 bridgehead atoms. The third-order valence-electron chi connectivity index (χ3n) is 4.17. The van der Waals surface area contributed by atoms with Crippen LogP contribution in [-0.4, -0.2) is 31.2 Å². The summed E-state index contributed by atoms with van der Waals surface area (Å²) in [5, 5.41) is 2.96. The number of amides is 1. The fourth-order valence-electron chi connectivity index (χ4n) is 2.69. The lowest BCUT2D eigenvalue weighted by molar-refractivity contribution is -0.128. The fourth-order valence-corrected chi connectivity index (χ4v) is 2.69. The fraction of sp³-hybridized carbons (Fsp3) is 0.929. The number of hydrogen-bond donors (Lipinski definition) is 2. The van der Waals surface area contributed by atoms with Crippen LogP contribution in [0.25, 0.3) is 0 Å². The molecule has 2 atom stereocenters. The summed E-state index contributed by atoms with van der Waals surface area (Å²) in [5.74, 6) is 0.857. The second-order valence-electron chi connectivity index (χ2n) is 6.11. The van der Waals surface area contributed by atoms with Gasteiger partial charge in [0.1, 0.15) is 0 Å². The van der Waals surface area contributed by atoms with Crippen LogP contribution in [-0.2, 0) is 9.53 Å². The minimum atomic E-state index is -0.336. The zero-order chi connectivity index (χ0) is 13.0. The van der Waals surface area contributed by atoms with E-state index < -0.39 is 0 Å². The van der Waals surface area contributed by atoms with Crippen LogP contribution in [0.15, 0.2) is 0 Å². The van der Waals surface area contributed by atoms with E-state index in [1.54, 1.807) is 0 Å². The van der Waals surface area contributed by atoms with Gasteiger partial charge in [0, 0.05) is 18.7 Å². The van der Waals surface area contributed by atoms with E-state index in [2.05, 4.69) is 5.32 Å². The average molecular weight is 291 g/mol. The summed E-state index contributed by atoms with van der Waals surface area (Å²) in [7, 11) is 0. The van der Waals surface area contributed by atoms with Crippen molar-refractivity contribution in [1.29, 1.82) is 0 Å². The molecule has 0 radical (unpaired) electrons. The minimum absolute atomic E-state index is 0. The Labute approximate surface area is 122 Å². The van der Waals surface area contributed by atoms with Crippen molar-refractivity contribution in [3.63, 3.8) is 0 Å². The molecule has 5 heteroatoms. The van der Waals surface area contributed by atoms with Gasteiger partial charge in [0.15, 0.2) is 0 Å². The highest BCUT2D eigenvalue weighted by Gasteiger charge is 2.37. The third kappa shape index (κ3) is 5.28. The normalized spacial score (nSPS) is 30.5. The van der Waals surface area contributed by atoms with Crippen LogP contribution in [0.3, 0.4) is 0 Å². The van der Waals surface area contributed by atoms with Crippen LogP contribution >= 0.6 is 12.4 Å². The first kappa shape index (κ1) is 16.7. The molecule has 112 valence electrons. The third-order valence-corrected chi connectivity index (χ3v) is 4.17. The molecule has 0 aromatic rings. The quantitative estimate of drug-likeness (QED) is 0.734. The lowest BCUT2D eigenvalue weighted by Crippen LogP contribution is -2.53. The van der Waals surface area contributed by atoms with Gasteiger partial charge in [0.2, 0.25) is 5.91 Å². The lowest BCUT2D eigenvalue weighted by atomic mass is 9.74. The summed E-state index contributed by atoms with van der Waals surface area (Å²) < 4.78 is 5.50. The molecule has 19 heavy (non-hydrogen) atoms. The van der Waals surface area contributed by atoms with Crippen LogP contribution in [0.2, 0.25) is 0 Å². The summed E-state index contributed by atoms with van der Waals surface area (Å²) >= 11 is 0. The van der Waals surface area contributed by atoms with Crippen LogP contribution in [0.1, 0.15) is 45.4 Å². The molecule has 2 fully saturated rings. The predicted octanol–water partition coefficient (Wildman–Crippen LogP) is 1.86. The molecule has 2 aliphatic carbocycles. The number of hydrogen-bond acceptors (Lipinski definition) is 3. The monoisotopic (exact) mass is 290 g/mol. The summed E-state index contributed by atoms with van der Waals surface area (Å²) in [6, 6.07) is 0. The van der Waals surface area contributed by atoms with Crippen molar-refractivity contribution in [3.8, 4) is 0 Å². The van der Waals surface area contributed by atoms with Crippen molar-refractivity contribution in [3.05, 3.63) is 0 Å².